The maximum Gasteiger partial charge on any atom is 0.341 e. The Morgan fingerprint density at radius 1 is 1.21 bits per heavy atom. The molecule has 0 radical (unpaired) electrons. The van der Waals surface area contributed by atoms with Crippen LogP contribution in [0.4, 0.5) is 0 Å². The quantitative estimate of drug-likeness (QED) is 0.791. The Hall–Kier alpha value is -2.63. The first-order valence-electron chi connectivity index (χ1n) is 7.98. The Morgan fingerprint density at radius 2 is 1.92 bits per heavy atom. The van der Waals surface area contributed by atoms with Gasteiger partial charge in [-0.3, -0.25) is 9.48 Å². The van der Waals surface area contributed by atoms with Crippen LogP contribution in [0, 0.1) is 5.92 Å². The average molecular weight is 329 g/mol. The van der Waals surface area contributed by atoms with Crippen LogP contribution < -0.4 is 5.32 Å². The maximum atomic E-state index is 12.0. The van der Waals surface area contributed by atoms with E-state index in [0.717, 1.165) is 5.56 Å². The second-order valence-electron chi connectivity index (χ2n) is 6.09. The minimum atomic E-state index is -0.554. The monoisotopic (exact) mass is 329 g/mol. The summed E-state index contributed by atoms with van der Waals surface area (Å²) in [5.41, 5.74) is 1.42. The fourth-order valence-electron chi connectivity index (χ4n) is 2.00. The lowest BCUT2D eigenvalue weighted by molar-refractivity contribution is -0.125. The summed E-state index contributed by atoms with van der Waals surface area (Å²) in [5, 5.41) is 6.93. The highest BCUT2D eigenvalue weighted by molar-refractivity contribution is 5.90. The lowest BCUT2D eigenvalue weighted by atomic mass is 10.1. The van der Waals surface area contributed by atoms with Crippen molar-refractivity contribution in [3.63, 3.8) is 0 Å². The van der Waals surface area contributed by atoms with Gasteiger partial charge >= 0.3 is 5.97 Å². The highest BCUT2D eigenvalue weighted by atomic mass is 16.5. The standard InChI is InChI=1S/C18H23N3O3/c1-13(2)14(3)20-17(22)12-24-18(23)16-9-19-21(11-16)10-15-7-5-4-6-8-15/h4-9,11,13-14H,10,12H2,1-3H3,(H,20,22). The Kier molecular flexibility index (Phi) is 6.12. The molecule has 1 aromatic heterocycles. The molecule has 0 saturated heterocycles. The summed E-state index contributed by atoms with van der Waals surface area (Å²) in [4.78, 5) is 23.7. The topological polar surface area (TPSA) is 73.2 Å². The van der Waals surface area contributed by atoms with E-state index in [1.807, 2.05) is 51.1 Å². The smallest absolute Gasteiger partial charge is 0.341 e. The predicted octanol–water partition coefficient (Wildman–Crippen LogP) is 2.25. The molecule has 128 valence electrons. The number of ether oxygens (including phenoxy) is 1. The molecular formula is C18H23N3O3. The van der Waals surface area contributed by atoms with Gasteiger partial charge in [-0.05, 0) is 18.4 Å². The van der Waals surface area contributed by atoms with Crippen LogP contribution in [-0.4, -0.2) is 34.3 Å². The van der Waals surface area contributed by atoms with E-state index in [9.17, 15) is 9.59 Å². The zero-order chi connectivity index (χ0) is 17.5. The molecule has 6 nitrogen and oxygen atoms in total. The Balaban J connectivity index is 1.84. The van der Waals surface area contributed by atoms with Crippen LogP contribution in [-0.2, 0) is 16.1 Å². The third kappa shape index (κ3) is 5.22. The van der Waals surface area contributed by atoms with Crippen molar-refractivity contribution in [1.82, 2.24) is 15.1 Å². The lowest BCUT2D eigenvalue weighted by Gasteiger charge is -2.17. The number of rotatable bonds is 7. The molecule has 2 aromatic rings. The molecule has 24 heavy (non-hydrogen) atoms. The first-order valence-corrected chi connectivity index (χ1v) is 7.98. The number of nitrogens with zero attached hydrogens (tertiary/aromatic N) is 2. The molecule has 0 spiro atoms. The van der Waals surface area contributed by atoms with Gasteiger partial charge in [-0.2, -0.15) is 5.10 Å². The molecule has 1 heterocycles. The number of hydrogen-bond acceptors (Lipinski definition) is 4. The van der Waals surface area contributed by atoms with E-state index in [1.54, 1.807) is 10.9 Å². The van der Waals surface area contributed by atoms with Gasteiger partial charge in [-0.1, -0.05) is 44.2 Å². The normalized spacial score (nSPS) is 12.0. The third-order valence-electron chi connectivity index (χ3n) is 3.78. The Bertz CT molecular complexity index is 680. The number of nitrogens with one attached hydrogen (secondary N) is 1. The molecule has 1 aromatic carbocycles. The van der Waals surface area contributed by atoms with Crippen LogP contribution in [0.1, 0.15) is 36.7 Å². The summed E-state index contributed by atoms with van der Waals surface area (Å²) in [7, 11) is 0. The number of hydrogen-bond donors (Lipinski definition) is 1. The van der Waals surface area contributed by atoms with Crippen molar-refractivity contribution in [2.24, 2.45) is 5.92 Å². The van der Waals surface area contributed by atoms with Crippen molar-refractivity contribution >= 4 is 11.9 Å². The molecule has 0 bridgehead atoms. The van der Waals surface area contributed by atoms with Gasteiger partial charge < -0.3 is 10.1 Å². The second kappa shape index (κ2) is 8.29. The van der Waals surface area contributed by atoms with Crippen molar-refractivity contribution in [3.8, 4) is 0 Å². The Labute approximate surface area is 141 Å². The number of carbonyl (C=O) groups is 2. The molecule has 2 rings (SSSR count). The van der Waals surface area contributed by atoms with E-state index in [2.05, 4.69) is 10.4 Å². The summed E-state index contributed by atoms with van der Waals surface area (Å²) in [6.45, 7) is 6.22. The highest BCUT2D eigenvalue weighted by Gasteiger charge is 2.15. The summed E-state index contributed by atoms with van der Waals surface area (Å²) in [6, 6.07) is 9.85. The van der Waals surface area contributed by atoms with Gasteiger partial charge in [0.05, 0.1) is 18.3 Å². The minimum Gasteiger partial charge on any atom is -0.452 e. The molecule has 6 heteroatoms. The van der Waals surface area contributed by atoms with E-state index in [1.165, 1.54) is 6.20 Å². The average Bonchev–Trinajstić information content (AvgIpc) is 3.02. The number of carbonyl (C=O) groups excluding carboxylic acids is 2. The van der Waals surface area contributed by atoms with Crippen LogP contribution in [0.15, 0.2) is 42.7 Å². The van der Waals surface area contributed by atoms with Crippen molar-refractivity contribution in [2.75, 3.05) is 6.61 Å². The van der Waals surface area contributed by atoms with Crippen LogP contribution in [0.2, 0.25) is 0 Å². The van der Waals surface area contributed by atoms with Crippen LogP contribution >= 0.6 is 0 Å². The zero-order valence-corrected chi connectivity index (χ0v) is 14.2. The molecule has 1 amide bonds. The van der Waals surface area contributed by atoms with E-state index in [-0.39, 0.29) is 18.6 Å². The van der Waals surface area contributed by atoms with E-state index < -0.39 is 5.97 Å². The van der Waals surface area contributed by atoms with Gasteiger partial charge in [0.2, 0.25) is 0 Å². The fraction of sp³-hybridized carbons (Fsp3) is 0.389. The van der Waals surface area contributed by atoms with Crippen molar-refractivity contribution in [2.45, 2.75) is 33.4 Å². The fourth-order valence-corrected chi connectivity index (χ4v) is 2.00. The molecule has 0 aliphatic rings. The van der Waals surface area contributed by atoms with Crippen molar-refractivity contribution in [3.05, 3.63) is 53.9 Å². The van der Waals surface area contributed by atoms with Gasteiger partial charge in [0.1, 0.15) is 0 Å². The molecular weight excluding hydrogens is 306 g/mol. The van der Waals surface area contributed by atoms with Crippen LogP contribution in [0.5, 0.6) is 0 Å². The molecule has 1 unspecified atom stereocenters. The molecule has 0 aliphatic carbocycles. The van der Waals surface area contributed by atoms with Crippen molar-refractivity contribution < 1.29 is 14.3 Å². The van der Waals surface area contributed by atoms with Gasteiger partial charge in [0.15, 0.2) is 6.61 Å². The van der Waals surface area contributed by atoms with Crippen LogP contribution in [0.25, 0.3) is 0 Å². The second-order valence-corrected chi connectivity index (χ2v) is 6.09. The summed E-state index contributed by atoms with van der Waals surface area (Å²) < 4.78 is 6.69. The number of amides is 1. The largest absolute Gasteiger partial charge is 0.452 e. The van der Waals surface area contributed by atoms with E-state index in [4.69, 9.17) is 4.74 Å². The first-order chi connectivity index (χ1) is 11.5. The lowest BCUT2D eigenvalue weighted by Crippen LogP contribution is -2.38. The maximum absolute atomic E-state index is 12.0. The highest BCUT2D eigenvalue weighted by Crippen LogP contribution is 2.05. The number of esters is 1. The van der Waals surface area contributed by atoms with Crippen molar-refractivity contribution in [1.29, 1.82) is 0 Å². The molecule has 0 saturated carbocycles. The molecule has 1 atom stereocenters. The predicted molar refractivity (Wildman–Crippen MR) is 90.5 cm³/mol. The van der Waals surface area contributed by atoms with E-state index >= 15 is 0 Å². The summed E-state index contributed by atoms with van der Waals surface area (Å²) >= 11 is 0. The number of aromatic nitrogens is 2. The van der Waals surface area contributed by atoms with Gasteiger partial charge in [0.25, 0.3) is 5.91 Å². The molecule has 0 aliphatic heterocycles. The third-order valence-corrected chi connectivity index (χ3v) is 3.78. The van der Waals surface area contributed by atoms with E-state index in [0.29, 0.717) is 18.0 Å². The summed E-state index contributed by atoms with van der Waals surface area (Å²) in [5.74, 6) is -0.538. The summed E-state index contributed by atoms with van der Waals surface area (Å²) in [6.07, 6.45) is 3.06. The first kappa shape index (κ1) is 17.7. The van der Waals surface area contributed by atoms with Gasteiger partial charge in [-0.15, -0.1) is 0 Å². The van der Waals surface area contributed by atoms with Crippen LogP contribution in [0.3, 0.4) is 0 Å². The van der Waals surface area contributed by atoms with Gasteiger partial charge in [0, 0.05) is 12.2 Å². The van der Waals surface area contributed by atoms with Gasteiger partial charge in [-0.25, -0.2) is 4.79 Å². The zero-order valence-electron chi connectivity index (χ0n) is 14.2. The minimum absolute atomic E-state index is 0.0322. The molecule has 1 N–H and O–H groups in total. The SMILES string of the molecule is CC(C)C(C)NC(=O)COC(=O)c1cnn(Cc2ccccc2)c1. The number of benzene rings is 1. The Morgan fingerprint density at radius 3 is 2.58 bits per heavy atom. The molecule has 0 fully saturated rings.